The predicted octanol–water partition coefficient (Wildman–Crippen LogP) is 17.0. The smallest absolute Gasteiger partial charge is 0.0540 e. The Labute approximate surface area is 357 Å². The van der Waals surface area contributed by atoms with Crippen molar-refractivity contribution in [3.8, 4) is 55.6 Å². The predicted molar refractivity (Wildman–Crippen MR) is 261 cm³/mol. The van der Waals surface area contributed by atoms with Gasteiger partial charge in [0.25, 0.3) is 0 Å². The van der Waals surface area contributed by atoms with Crippen molar-refractivity contribution in [3.63, 3.8) is 0 Å². The molecule has 11 aromatic carbocycles. The summed E-state index contributed by atoms with van der Waals surface area (Å²) in [5.74, 6) is 0. The van der Waals surface area contributed by atoms with Gasteiger partial charge in [0.2, 0.25) is 0 Å². The number of hydrogen-bond donors (Lipinski definition) is 0. The number of hydrogen-bond acceptors (Lipinski definition) is 1. The van der Waals surface area contributed by atoms with E-state index in [9.17, 15) is 0 Å². The summed E-state index contributed by atoms with van der Waals surface area (Å²) in [6, 6.07) is 90.4. The van der Waals surface area contributed by atoms with Gasteiger partial charge in [0.15, 0.2) is 0 Å². The number of nitrogens with zero attached hydrogens (tertiary/aromatic N) is 1. The summed E-state index contributed by atoms with van der Waals surface area (Å²) in [5, 5.41) is 7.51. The lowest BCUT2D eigenvalue weighted by atomic mass is 9.87. The van der Waals surface area contributed by atoms with Gasteiger partial charge in [-0.3, -0.25) is 0 Å². The zero-order chi connectivity index (χ0) is 40.5. The van der Waals surface area contributed by atoms with Crippen LogP contribution in [0.1, 0.15) is 0 Å². The largest absolute Gasteiger partial charge is 0.310 e. The Balaban J connectivity index is 0.981. The monoisotopic (exact) mass is 775 g/mol. The summed E-state index contributed by atoms with van der Waals surface area (Å²) >= 11 is 0. The molecule has 0 radical (unpaired) electrons. The van der Waals surface area contributed by atoms with E-state index in [0.717, 1.165) is 17.1 Å². The van der Waals surface area contributed by atoms with E-state index in [2.05, 4.69) is 254 Å². The fourth-order valence-electron chi connectivity index (χ4n) is 9.13. The highest BCUT2D eigenvalue weighted by molar-refractivity contribution is 6.08. The number of anilines is 3. The van der Waals surface area contributed by atoms with Crippen LogP contribution in [0.15, 0.2) is 249 Å². The first-order valence-electron chi connectivity index (χ1n) is 21.0. The zero-order valence-electron chi connectivity index (χ0n) is 33.6. The van der Waals surface area contributed by atoms with Crippen molar-refractivity contribution in [2.45, 2.75) is 0 Å². The Kier molecular flexibility index (Phi) is 9.26. The lowest BCUT2D eigenvalue weighted by Crippen LogP contribution is -2.10. The molecule has 11 aromatic rings. The Bertz CT molecular complexity index is 3340. The summed E-state index contributed by atoms with van der Waals surface area (Å²) in [7, 11) is 0. The molecule has 0 heterocycles. The van der Waals surface area contributed by atoms with Crippen LogP contribution in [-0.2, 0) is 0 Å². The Morgan fingerprint density at radius 3 is 1.25 bits per heavy atom. The minimum absolute atomic E-state index is 1.10. The molecule has 1 nitrogen and oxygen atoms in total. The van der Waals surface area contributed by atoms with Gasteiger partial charge in [0.1, 0.15) is 0 Å². The Hall–Kier alpha value is -8.00. The van der Waals surface area contributed by atoms with Crippen LogP contribution in [0.4, 0.5) is 17.1 Å². The standard InChI is InChI=1S/C60H41N/c1-2-15-43(16-3-1)52-21-8-10-24-56(52)58-26-12-13-27-59(58)57-25-11-9-22-53(57)46-33-38-50(39-34-46)61(60-28-14-19-44-17-5-7-23-55(44)60)49-36-31-42(32-37-49)47-35-40-54-48(41-47)30-29-45-18-4-6-20-51(45)54/h1-41H. The number of benzene rings is 11. The molecule has 0 fully saturated rings. The van der Waals surface area contributed by atoms with Crippen molar-refractivity contribution in [1.29, 1.82) is 0 Å². The molecular formula is C60H41N. The summed E-state index contributed by atoms with van der Waals surface area (Å²) < 4.78 is 0. The van der Waals surface area contributed by atoms with Gasteiger partial charge in [-0.25, -0.2) is 0 Å². The van der Waals surface area contributed by atoms with Crippen molar-refractivity contribution >= 4 is 49.4 Å². The molecule has 0 saturated carbocycles. The van der Waals surface area contributed by atoms with Gasteiger partial charge < -0.3 is 4.90 Å². The average Bonchev–Trinajstić information content (AvgIpc) is 3.34. The van der Waals surface area contributed by atoms with Gasteiger partial charge in [-0.1, -0.05) is 212 Å². The second kappa shape index (κ2) is 15.6. The number of fused-ring (bicyclic) bond motifs is 4. The van der Waals surface area contributed by atoms with E-state index < -0.39 is 0 Å². The summed E-state index contributed by atoms with van der Waals surface area (Å²) in [6.45, 7) is 0. The van der Waals surface area contributed by atoms with Crippen LogP contribution in [0.5, 0.6) is 0 Å². The molecule has 0 saturated heterocycles. The molecule has 0 atom stereocenters. The molecular weight excluding hydrogens is 735 g/mol. The first-order valence-corrected chi connectivity index (χ1v) is 21.0. The Morgan fingerprint density at radius 1 is 0.213 bits per heavy atom. The molecule has 61 heavy (non-hydrogen) atoms. The van der Waals surface area contributed by atoms with Gasteiger partial charge in [-0.15, -0.1) is 0 Å². The van der Waals surface area contributed by atoms with Crippen LogP contribution in [0, 0.1) is 0 Å². The van der Waals surface area contributed by atoms with Crippen molar-refractivity contribution in [2.75, 3.05) is 4.90 Å². The molecule has 0 aromatic heterocycles. The maximum atomic E-state index is 2.39. The molecule has 0 unspecified atom stereocenters. The van der Waals surface area contributed by atoms with Crippen molar-refractivity contribution in [2.24, 2.45) is 0 Å². The molecule has 11 rings (SSSR count). The molecule has 1 heteroatoms. The topological polar surface area (TPSA) is 3.24 Å². The fourth-order valence-corrected chi connectivity index (χ4v) is 9.13. The minimum atomic E-state index is 1.10. The third-order valence-corrected chi connectivity index (χ3v) is 12.1. The van der Waals surface area contributed by atoms with E-state index in [1.807, 2.05) is 0 Å². The third kappa shape index (κ3) is 6.73. The highest BCUT2D eigenvalue weighted by atomic mass is 15.1. The Morgan fingerprint density at radius 2 is 0.623 bits per heavy atom. The molecule has 0 aliphatic heterocycles. The lowest BCUT2D eigenvalue weighted by molar-refractivity contribution is 1.30. The average molecular weight is 776 g/mol. The molecule has 0 aliphatic carbocycles. The number of rotatable bonds is 8. The molecule has 286 valence electrons. The van der Waals surface area contributed by atoms with Crippen molar-refractivity contribution in [3.05, 3.63) is 249 Å². The van der Waals surface area contributed by atoms with Crippen LogP contribution >= 0.6 is 0 Å². The molecule has 0 bridgehead atoms. The summed E-state index contributed by atoms with van der Waals surface area (Å²) in [5.41, 5.74) is 15.4. The van der Waals surface area contributed by atoms with Crippen LogP contribution in [0.3, 0.4) is 0 Å². The van der Waals surface area contributed by atoms with Gasteiger partial charge >= 0.3 is 0 Å². The second-order valence-electron chi connectivity index (χ2n) is 15.7. The van der Waals surface area contributed by atoms with E-state index >= 15 is 0 Å². The van der Waals surface area contributed by atoms with Crippen molar-refractivity contribution < 1.29 is 0 Å². The van der Waals surface area contributed by atoms with Gasteiger partial charge in [-0.05, 0) is 119 Å². The first-order chi connectivity index (χ1) is 30.3. The van der Waals surface area contributed by atoms with Gasteiger partial charge in [-0.2, -0.15) is 0 Å². The van der Waals surface area contributed by atoms with Crippen LogP contribution in [0.25, 0.3) is 88.0 Å². The lowest BCUT2D eigenvalue weighted by Gasteiger charge is -2.27. The molecule has 0 spiro atoms. The van der Waals surface area contributed by atoms with Crippen LogP contribution in [-0.4, -0.2) is 0 Å². The zero-order valence-corrected chi connectivity index (χ0v) is 33.6. The van der Waals surface area contributed by atoms with Crippen molar-refractivity contribution in [1.82, 2.24) is 0 Å². The third-order valence-electron chi connectivity index (χ3n) is 12.1. The highest BCUT2D eigenvalue weighted by Crippen LogP contribution is 2.44. The summed E-state index contributed by atoms with van der Waals surface area (Å²) in [4.78, 5) is 2.39. The molecule has 0 N–H and O–H groups in total. The SMILES string of the molecule is c1ccc(-c2ccccc2-c2ccccc2-c2ccccc2-c2ccc(N(c3ccc(-c4ccc5c(ccc6ccccc65)c4)cc3)c3cccc4ccccc34)cc2)cc1. The van der Waals surface area contributed by atoms with Gasteiger partial charge in [0.05, 0.1) is 5.69 Å². The van der Waals surface area contributed by atoms with E-state index in [4.69, 9.17) is 0 Å². The van der Waals surface area contributed by atoms with Crippen LogP contribution in [0.2, 0.25) is 0 Å². The van der Waals surface area contributed by atoms with Gasteiger partial charge in [0, 0.05) is 16.8 Å². The van der Waals surface area contributed by atoms with Crippen LogP contribution < -0.4 is 4.90 Å². The maximum Gasteiger partial charge on any atom is 0.0540 e. The van der Waals surface area contributed by atoms with E-state index in [1.54, 1.807) is 0 Å². The van der Waals surface area contributed by atoms with E-state index in [1.165, 1.54) is 88.0 Å². The second-order valence-corrected chi connectivity index (χ2v) is 15.7. The first kappa shape index (κ1) is 36.1. The minimum Gasteiger partial charge on any atom is -0.310 e. The quantitative estimate of drug-likeness (QED) is 0.139. The molecule has 0 aliphatic rings. The highest BCUT2D eigenvalue weighted by Gasteiger charge is 2.18. The van der Waals surface area contributed by atoms with E-state index in [-0.39, 0.29) is 0 Å². The fraction of sp³-hybridized carbons (Fsp3) is 0. The molecule has 0 amide bonds. The maximum absolute atomic E-state index is 2.39. The summed E-state index contributed by atoms with van der Waals surface area (Å²) in [6.07, 6.45) is 0. The van der Waals surface area contributed by atoms with E-state index in [0.29, 0.717) is 0 Å². The normalized spacial score (nSPS) is 11.3.